The van der Waals surface area contributed by atoms with Crippen LogP contribution in [0.3, 0.4) is 0 Å². The smallest absolute Gasteiger partial charge is 0.0839 e. The van der Waals surface area contributed by atoms with Crippen LogP contribution in [0.2, 0.25) is 0 Å². The molecule has 0 bridgehead atoms. The van der Waals surface area contributed by atoms with Gasteiger partial charge in [0.25, 0.3) is 0 Å². The maximum absolute atomic E-state index is 5.36. The minimum atomic E-state index is 0.523. The molecule has 2 nitrogen and oxygen atoms in total. The largest absolute Gasteiger partial charge is 0.376 e. The summed E-state index contributed by atoms with van der Waals surface area (Å²) in [5, 5.41) is 0. The zero-order valence-corrected chi connectivity index (χ0v) is 50.5. The van der Waals surface area contributed by atoms with Crippen molar-refractivity contribution in [2.45, 2.75) is 354 Å². The first-order chi connectivity index (χ1) is 29.6. The lowest BCUT2D eigenvalue weighted by atomic mass is 9.77. The van der Waals surface area contributed by atoms with Crippen LogP contribution < -0.4 is 0 Å². The lowest BCUT2D eigenvalue weighted by Crippen LogP contribution is -2.20. The van der Waals surface area contributed by atoms with Crippen molar-refractivity contribution >= 4 is 0 Å². The van der Waals surface area contributed by atoms with E-state index in [0.717, 1.165) is 35.5 Å². The molecule has 5 rings (SSSR count). The summed E-state index contributed by atoms with van der Waals surface area (Å²) in [5.41, 5.74) is 0.611. The van der Waals surface area contributed by atoms with Crippen molar-refractivity contribution in [1.82, 2.24) is 0 Å². The van der Waals surface area contributed by atoms with E-state index < -0.39 is 0 Å². The van der Waals surface area contributed by atoms with Gasteiger partial charge in [-0.25, -0.2) is 0 Å². The Hall–Kier alpha value is -0.0800. The predicted molar refractivity (Wildman–Crippen MR) is 299 cm³/mol. The van der Waals surface area contributed by atoms with Gasteiger partial charge in [-0.1, -0.05) is 264 Å². The average molecular weight is 892 g/mol. The third-order valence-corrected chi connectivity index (χ3v) is 12.1. The van der Waals surface area contributed by atoms with Crippen LogP contribution in [-0.4, -0.2) is 24.4 Å². The van der Waals surface area contributed by atoms with Crippen molar-refractivity contribution < 1.29 is 9.47 Å². The average Bonchev–Trinajstić information content (AvgIpc) is 3.40. The molecular weight excluding hydrogens is 753 g/mol. The fraction of sp³-hybridized carbons (Fsp3) is 1.00. The standard InChI is InChI=1S/C9H18.2C7H14.2C6H12O.C6H14.C5H12.7C2H6/c1-7-5-6-8(2)9(7,3)4;2*1-6-3-4-7(2)5-6;1-5-3-4-6(2)7-5;1-3-5-6(4-2)7-5;1-3-5-6-4-2;1-3-5-4-2;7*1-2/h7-8H,5-6H2,1-4H3;2*6-7H,3-5H2,1-2H3;2*5-6H,3-4H2,1-2H3;3-6H2,1-2H3;3-5H2,1-2H3;7*1-2H3. The van der Waals surface area contributed by atoms with Crippen LogP contribution in [0, 0.1) is 40.9 Å². The molecule has 10 unspecified atom stereocenters. The summed E-state index contributed by atoms with van der Waals surface area (Å²) in [5.74, 6) is 5.97. The van der Waals surface area contributed by atoms with Gasteiger partial charge in [-0.2, -0.15) is 0 Å². The Morgan fingerprint density at radius 2 is 0.581 bits per heavy atom. The van der Waals surface area contributed by atoms with Gasteiger partial charge >= 0.3 is 0 Å². The van der Waals surface area contributed by atoms with E-state index in [-0.39, 0.29) is 0 Å². The minimum Gasteiger partial charge on any atom is -0.376 e. The number of ether oxygens (including phenoxy) is 2. The van der Waals surface area contributed by atoms with Crippen LogP contribution in [0.4, 0.5) is 0 Å². The molecule has 2 aliphatic heterocycles. The van der Waals surface area contributed by atoms with Crippen LogP contribution >= 0.6 is 0 Å². The van der Waals surface area contributed by atoms with Crippen LogP contribution in [0.15, 0.2) is 0 Å². The van der Waals surface area contributed by atoms with Gasteiger partial charge in [0.05, 0.1) is 24.4 Å². The Kier molecular flexibility index (Phi) is 89.3. The van der Waals surface area contributed by atoms with E-state index in [2.05, 4.69) is 111 Å². The summed E-state index contributed by atoms with van der Waals surface area (Å²) in [4.78, 5) is 0. The van der Waals surface area contributed by atoms with Gasteiger partial charge < -0.3 is 9.47 Å². The second-order valence-electron chi connectivity index (χ2n) is 17.7. The highest BCUT2D eigenvalue weighted by molar-refractivity contribution is 4.87. The number of rotatable bonds is 7. The molecule has 2 saturated heterocycles. The number of hydrogen-bond donors (Lipinski definition) is 0. The Morgan fingerprint density at radius 3 is 0.661 bits per heavy atom. The maximum Gasteiger partial charge on any atom is 0.0839 e. The molecular formula is C60H138O2. The molecule has 5 aliphatic rings. The normalized spacial score (nSPS) is 26.8. The minimum absolute atomic E-state index is 0.523. The van der Waals surface area contributed by atoms with E-state index in [1.54, 1.807) is 0 Å². The van der Waals surface area contributed by atoms with Crippen molar-refractivity contribution in [3.63, 3.8) is 0 Å². The first-order valence-electron chi connectivity index (χ1n) is 28.9. The van der Waals surface area contributed by atoms with E-state index in [1.165, 1.54) is 122 Å². The molecule has 0 amide bonds. The van der Waals surface area contributed by atoms with E-state index in [4.69, 9.17) is 9.47 Å². The van der Waals surface area contributed by atoms with E-state index in [0.29, 0.717) is 29.8 Å². The fourth-order valence-corrected chi connectivity index (χ4v) is 7.47. The van der Waals surface area contributed by atoms with Gasteiger partial charge in [0.15, 0.2) is 0 Å². The quantitative estimate of drug-likeness (QED) is 0.188. The Balaban J connectivity index is -0.0000000723. The van der Waals surface area contributed by atoms with Crippen LogP contribution in [0.25, 0.3) is 0 Å². The SMILES string of the molecule is CC.CC.CC.CC.CC.CC.CC.CC1CCC(C)C1.CC1CCC(C)C1.CC1CCC(C)C1(C)C.CC1CCC(C)O1.CCC1OC1CC.CCCCC.CCCCCC. The summed E-state index contributed by atoms with van der Waals surface area (Å²) < 4.78 is 10.6. The molecule has 3 aliphatic carbocycles. The molecule has 390 valence electrons. The van der Waals surface area contributed by atoms with Gasteiger partial charge in [0.2, 0.25) is 0 Å². The molecule has 62 heavy (non-hydrogen) atoms. The summed E-state index contributed by atoms with van der Waals surface area (Å²) in [7, 11) is 0. The summed E-state index contributed by atoms with van der Waals surface area (Å²) in [6.45, 7) is 64.4. The zero-order valence-electron chi connectivity index (χ0n) is 50.5. The third kappa shape index (κ3) is 59.9. The van der Waals surface area contributed by atoms with E-state index in [1.807, 2.05) is 96.9 Å². The molecule has 10 atom stereocenters. The molecule has 0 aromatic heterocycles. The van der Waals surface area contributed by atoms with Crippen LogP contribution in [0.5, 0.6) is 0 Å². The first-order valence-corrected chi connectivity index (χ1v) is 28.9. The summed E-state index contributed by atoms with van der Waals surface area (Å²) in [6, 6.07) is 0. The van der Waals surface area contributed by atoms with Gasteiger partial charge in [-0.15, -0.1) is 0 Å². The van der Waals surface area contributed by atoms with E-state index >= 15 is 0 Å². The lowest BCUT2D eigenvalue weighted by molar-refractivity contribution is 0.0673. The number of unbranched alkanes of at least 4 members (excludes halogenated alkanes) is 5. The number of epoxide rings is 1. The molecule has 2 heterocycles. The van der Waals surface area contributed by atoms with Crippen molar-refractivity contribution in [2.24, 2.45) is 40.9 Å². The highest BCUT2D eigenvalue weighted by Gasteiger charge is 2.37. The van der Waals surface area contributed by atoms with Crippen molar-refractivity contribution in [1.29, 1.82) is 0 Å². The van der Waals surface area contributed by atoms with Gasteiger partial charge in [-0.3, -0.25) is 0 Å². The highest BCUT2D eigenvalue weighted by Crippen LogP contribution is 2.46. The third-order valence-electron chi connectivity index (χ3n) is 12.1. The summed E-state index contributed by atoms with van der Waals surface area (Å²) in [6.07, 6.45) is 28.5. The second-order valence-corrected chi connectivity index (χ2v) is 17.7. The zero-order chi connectivity index (χ0) is 51.1. The molecule has 3 saturated carbocycles. The molecule has 0 aromatic carbocycles. The number of hydrogen-bond acceptors (Lipinski definition) is 2. The maximum atomic E-state index is 5.36. The van der Waals surface area contributed by atoms with Crippen molar-refractivity contribution in [2.75, 3.05) is 0 Å². The van der Waals surface area contributed by atoms with Crippen molar-refractivity contribution in [3.8, 4) is 0 Å². The van der Waals surface area contributed by atoms with Crippen LogP contribution in [-0.2, 0) is 9.47 Å². The topological polar surface area (TPSA) is 21.8 Å². The first kappa shape index (κ1) is 82.1. The molecule has 0 spiro atoms. The second kappa shape index (κ2) is 67.5. The highest BCUT2D eigenvalue weighted by atomic mass is 16.6. The fourth-order valence-electron chi connectivity index (χ4n) is 7.47. The van der Waals surface area contributed by atoms with Gasteiger partial charge in [-0.05, 0) is 106 Å². The van der Waals surface area contributed by atoms with Crippen LogP contribution in [0.1, 0.15) is 330 Å². The molecule has 2 heteroatoms. The van der Waals surface area contributed by atoms with Crippen molar-refractivity contribution in [3.05, 3.63) is 0 Å². The molecule has 0 radical (unpaired) electrons. The van der Waals surface area contributed by atoms with Gasteiger partial charge in [0, 0.05) is 0 Å². The Bertz CT molecular complexity index is 581. The Morgan fingerprint density at radius 1 is 0.339 bits per heavy atom. The molecule has 0 N–H and O–H groups in total. The molecule has 5 fully saturated rings. The van der Waals surface area contributed by atoms with E-state index in [9.17, 15) is 0 Å². The predicted octanol–water partition coefficient (Wildman–Crippen LogP) is 23.1. The van der Waals surface area contributed by atoms with Gasteiger partial charge in [0.1, 0.15) is 0 Å². The summed E-state index contributed by atoms with van der Waals surface area (Å²) >= 11 is 0. The Labute approximate surface area is 403 Å². The molecule has 0 aromatic rings. The lowest BCUT2D eigenvalue weighted by Gasteiger charge is -2.28. The monoisotopic (exact) mass is 891 g/mol.